The number of rotatable bonds is 4. The average molecular weight is 229 g/mol. The Morgan fingerprint density at radius 1 is 1.47 bits per heavy atom. The lowest BCUT2D eigenvalue weighted by Gasteiger charge is -2.17. The van der Waals surface area contributed by atoms with Crippen molar-refractivity contribution in [1.82, 2.24) is 0 Å². The number of aldehydes is 1. The molecular formula is C11H13ClO3. The minimum Gasteiger partial charge on any atom is -0.389 e. The summed E-state index contributed by atoms with van der Waals surface area (Å²) < 4.78 is 0. The molecule has 0 bridgehead atoms. The van der Waals surface area contributed by atoms with Crippen molar-refractivity contribution in [2.24, 2.45) is 0 Å². The highest BCUT2D eigenvalue weighted by Gasteiger charge is 2.19. The fourth-order valence-corrected chi connectivity index (χ4v) is 1.53. The lowest BCUT2D eigenvalue weighted by atomic mass is 9.98. The van der Waals surface area contributed by atoms with Crippen molar-refractivity contribution in [3.8, 4) is 0 Å². The van der Waals surface area contributed by atoms with Crippen molar-refractivity contribution in [1.29, 1.82) is 0 Å². The van der Waals surface area contributed by atoms with E-state index < -0.39 is 12.2 Å². The second-order valence-corrected chi connectivity index (χ2v) is 3.73. The standard InChI is InChI=1S/C11H13ClO3/c1-7-2-3-9(8(4-7)6-13)11(15)10(14)5-12/h2-4,6,10-11,14-15H,5H2,1H3. The average Bonchev–Trinajstić information content (AvgIpc) is 2.26. The zero-order chi connectivity index (χ0) is 11.4. The Balaban J connectivity index is 3.07. The first-order valence-corrected chi connectivity index (χ1v) is 5.11. The van der Waals surface area contributed by atoms with Gasteiger partial charge in [0.25, 0.3) is 0 Å². The van der Waals surface area contributed by atoms with Crippen molar-refractivity contribution in [2.45, 2.75) is 19.1 Å². The number of alkyl halides is 1. The molecule has 1 aromatic carbocycles. The molecule has 0 radical (unpaired) electrons. The van der Waals surface area contributed by atoms with Gasteiger partial charge in [-0.15, -0.1) is 11.6 Å². The van der Waals surface area contributed by atoms with Crippen LogP contribution in [0.25, 0.3) is 0 Å². The molecule has 0 heterocycles. The first-order valence-electron chi connectivity index (χ1n) is 4.58. The van der Waals surface area contributed by atoms with Crippen LogP contribution in [0.1, 0.15) is 27.6 Å². The maximum atomic E-state index is 10.8. The first-order chi connectivity index (χ1) is 7.10. The molecule has 82 valence electrons. The van der Waals surface area contributed by atoms with E-state index in [1.165, 1.54) is 0 Å². The van der Waals surface area contributed by atoms with Crippen LogP contribution in [0.15, 0.2) is 18.2 Å². The third-order valence-electron chi connectivity index (χ3n) is 2.21. The van der Waals surface area contributed by atoms with Gasteiger partial charge in [-0.05, 0) is 18.6 Å². The highest BCUT2D eigenvalue weighted by Crippen LogP contribution is 2.21. The van der Waals surface area contributed by atoms with Crippen LogP contribution in [0.3, 0.4) is 0 Å². The molecular weight excluding hydrogens is 216 g/mol. The van der Waals surface area contributed by atoms with Crippen LogP contribution < -0.4 is 0 Å². The van der Waals surface area contributed by atoms with E-state index in [9.17, 15) is 15.0 Å². The molecule has 2 unspecified atom stereocenters. The Morgan fingerprint density at radius 3 is 2.67 bits per heavy atom. The minimum atomic E-state index is -1.12. The van der Waals surface area contributed by atoms with Crippen LogP contribution in [-0.2, 0) is 0 Å². The van der Waals surface area contributed by atoms with E-state index >= 15 is 0 Å². The van der Waals surface area contributed by atoms with Gasteiger partial charge in [-0.1, -0.05) is 17.7 Å². The van der Waals surface area contributed by atoms with Crippen LogP contribution in [-0.4, -0.2) is 28.5 Å². The normalized spacial score (nSPS) is 14.7. The van der Waals surface area contributed by atoms with Gasteiger partial charge in [-0.2, -0.15) is 0 Å². The molecule has 0 amide bonds. The Morgan fingerprint density at radius 2 is 2.13 bits per heavy atom. The summed E-state index contributed by atoms with van der Waals surface area (Å²) >= 11 is 5.43. The van der Waals surface area contributed by atoms with Crippen molar-refractivity contribution in [2.75, 3.05) is 5.88 Å². The predicted molar refractivity (Wildman–Crippen MR) is 58.3 cm³/mol. The highest BCUT2D eigenvalue weighted by atomic mass is 35.5. The smallest absolute Gasteiger partial charge is 0.150 e. The zero-order valence-corrected chi connectivity index (χ0v) is 9.11. The minimum absolute atomic E-state index is 0.0761. The number of benzene rings is 1. The second kappa shape index (κ2) is 5.26. The number of carbonyl (C=O) groups excluding carboxylic acids is 1. The van der Waals surface area contributed by atoms with E-state index in [1.807, 2.05) is 6.92 Å². The molecule has 2 atom stereocenters. The second-order valence-electron chi connectivity index (χ2n) is 3.42. The topological polar surface area (TPSA) is 57.5 Å². The molecule has 0 aliphatic carbocycles. The molecule has 0 aromatic heterocycles. The van der Waals surface area contributed by atoms with Gasteiger partial charge in [0, 0.05) is 5.56 Å². The summed E-state index contributed by atoms with van der Waals surface area (Å²) in [6.45, 7) is 1.85. The molecule has 4 heteroatoms. The third-order valence-corrected chi connectivity index (χ3v) is 2.53. The Hall–Kier alpha value is -0.900. The number of hydrogen-bond acceptors (Lipinski definition) is 3. The van der Waals surface area contributed by atoms with Gasteiger partial charge in [0.15, 0.2) is 0 Å². The predicted octanol–water partition coefficient (Wildman–Crippen LogP) is 1.44. The van der Waals surface area contributed by atoms with Crippen LogP contribution in [0.2, 0.25) is 0 Å². The van der Waals surface area contributed by atoms with Gasteiger partial charge in [-0.3, -0.25) is 4.79 Å². The quantitative estimate of drug-likeness (QED) is 0.606. The number of aliphatic hydroxyl groups is 2. The molecule has 3 nitrogen and oxygen atoms in total. The molecule has 1 aromatic rings. The maximum absolute atomic E-state index is 10.8. The summed E-state index contributed by atoms with van der Waals surface area (Å²) in [7, 11) is 0. The summed E-state index contributed by atoms with van der Waals surface area (Å²) in [5.41, 5.74) is 1.71. The SMILES string of the molecule is Cc1ccc(C(O)C(O)CCl)c(C=O)c1. The Kier molecular flexibility index (Phi) is 4.27. The van der Waals surface area contributed by atoms with Gasteiger partial charge in [0.1, 0.15) is 12.4 Å². The number of carbonyl (C=O) groups is 1. The van der Waals surface area contributed by atoms with E-state index in [2.05, 4.69) is 0 Å². The van der Waals surface area contributed by atoms with Gasteiger partial charge in [0.05, 0.1) is 12.0 Å². The highest BCUT2D eigenvalue weighted by molar-refractivity contribution is 6.18. The summed E-state index contributed by atoms with van der Waals surface area (Å²) in [6, 6.07) is 5.05. The van der Waals surface area contributed by atoms with Gasteiger partial charge in [0.2, 0.25) is 0 Å². The molecule has 2 N–H and O–H groups in total. The molecule has 0 spiro atoms. The van der Waals surface area contributed by atoms with Crippen molar-refractivity contribution < 1.29 is 15.0 Å². The molecule has 0 saturated carbocycles. The van der Waals surface area contributed by atoms with E-state index in [-0.39, 0.29) is 5.88 Å². The molecule has 0 aliphatic heterocycles. The van der Waals surface area contributed by atoms with E-state index in [4.69, 9.17) is 11.6 Å². The summed E-state index contributed by atoms with van der Waals surface area (Å²) in [4.78, 5) is 10.8. The van der Waals surface area contributed by atoms with Crippen LogP contribution in [0.5, 0.6) is 0 Å². The van der Waals surface area contributed by atoms with Crippen molar-refractivity contribution >= 4 is 17.9 Å². The summed E-state index contributed by atoms with van der Waals surface area (Å²) in [5, 5.41) is 19.1. The fourth-order valence-electron chi connectivity index (χ4n) is 1.36. The first kappa shape index (κ1) is 12.2. The number of aliphatic hydroxyl groups excluding tert-OH is 2. The van der Waals surface area contributed by atoms with Crippen LogP contribution >= 0.6 is 11.6 Å². The summed E-state index contributed by atoms with van der Waals surface area (Å²) in [5.74, 6) is -0.0761. The number of hydrogen-bond donors (Lipinski definition) is 2. The summed E-state index contributed by atoms with van der Waals surface area (Å²) in [6.07, 6.45) is -1.52. The molecule has 0 aliphatic rings. The number of halogens is 1. The van der Waals surface area contributed by atoms with E-state index in [0.717, 1.165) is 5.56 Å². The van der Waals surface area contributed by atoms with Gasteiger partial charge in [-0.25, -0.2) is 0 Å². The third kappa shape index (κ3) is 2.78. The molecule has 15 heavy (non-hydrogen) atoms. The Bertz CT molecular complexity index is 352. The lowest BCUT2D eigenvalue weighted by molar-refractivity contribution is 0.0323. The zero-order valence-electron chi connectivity index (χ0n) is 8.35. The van der Waals surface area contributed by atoms with Crippen LogP contribution in [0.4, 0.5) is 0 Å². The maximum Gasteiger partial charge on any atom is 0.150 e. The monoisotopic (exact) mass is 228 g/mol. The van der Waals surface area contributed by atoms with Crippen molar-refractivity contribution in [3.63, 3.8) is 0 Å². The molecule has 0 saturated heterocycles. The van der Waals surface area contributed by atoms with E-state index in [0.29, 0.717) is 17.4 Å². The molecule has 0 fully saturated rings. The lowest BCUT2D eigenvalue weighted by Crippen LogP contribution is -2.20. The largest absolute Gasteiger partial charge is 0.389 e. The van der Waals surface area contributed by atoms with Crippen molar-refractivity contribution in [3.05, 3.63) is 34.9 Å². The molecule has 1 rings (SSSR count). The van der Waals surface area contributed by atoms with Gasteiger partial charge >= 0.3 is 0 Å². The van der Waals surface area contributed by atoms with Crippen LogP contribution in [0, 0.1) is 6.92 Å². The Labute approximate surface area is 93.3 Å². The fraction of sp³-hybridized carbons (Fsp3) is 0.364. The van der Waals surface area contributed by atoms with Gasteiger partial charge < -0.3 is 10.2 Å². The number of aryl methyl sites for hydroxylation is 1. The van der Waals surface area contributed by atoms with E-state index in [1.54, 1.807) is 18.2 Å².